The quantitative estimate of drug-likeness (QED) is 0.604. The Morgan fingerprint density at radius 1 is 1.17 bits per heavy atom. The highest BCUT2D eigenvalue weighted by molar-refractivity contribution is 9.10. The first-order chi connectivity index (χ1) is 11.3. The first kappa shape index (κ1) is 14.9. The van der Waals surface area contributed by atoms with Gasteiger partial charge in [0.1, 0.15) is 0 Å². The lowest BCUT2D eigenvalue weighted by molar-refractivity contribution is 0.422. The van der Waals surface area contributed by atoms with Crippen LogP contribution in [0.4, 0.5) is 0 Å². The Balaban J connectivity index is 1.44. The van der Waals surface area contributed by atoms with Crippen molar-refractivity contribution in [1.82, 2.24) is 30.4 Å². The summed E-state index contributed by atoms with van der Waals surface area (Å²) in [7, 11) is 0. The second kappa shape index (κ2) is 6.44. The minimum absolute atomic E-state index is 0.363. The van der Waals surface area contributed by atoms with Gasteiger partial charge < -0.3 is 8.83 Å². The maximum absolute atomic E-state index is 5.61. The molecule has 0 radical (unpaired) electrons. The number of halogens is 1. The van der Waals surface area contributed by atoms with Crippen LogP contribution in [-0.2, 0) is 5.75 Å². The number of tetrazole rings is 1. The molecule has 3 heterocycles. The van der Waals surface area contributed by atoms with Crippen LogP contribution in [-0.4, -0.2) is 30.4 Å². The Bertz CT molecular complexity index is 794. The van der Waals surface area contributed by atoms with Gasteiger partial charge in [-0.2, -0.15) is 0 Å². The molecule has 3 aromatic rings. The average Bonchev–Trinajstić information content (AvgIpc) is 3.31. The Hall–Kier alpha value is -1.68. The monoisotopic (exact) mass is 396 g/mol. The van der Waals surface area contributed by atoms with Crippen LogP contribution in [0.3, 0.4) is 0 Å². The van der Waals surface area contributed by atoms with Gasteiger partial charge in [-0.15, -0.1) is 15.3 Å². The molecule has 0 bridgehead atoms. The van der Waals surface area contributed by atoms with Crippen molar-refractivity contribution in [3.8, 4) is 11.7 Å². The number of hydrogen-bond donors (Lipinski definition) is 0. The summed E-state index contributed by atoms with van der Waals surface area (Å²) in [5, 5.41) is 20.8. The SMILES string of the molecule is Brc1ccc(-c2nnc(CSc3nnnn3C3CCCC3)o2)o1. The molecule has 1 saturated carbocycles. The van der Waals surface area contributed by atoms with E-state index >= 15 is 0 Å². The van der Waals surface area contributed by atoms with E-state index in [0.717, 1.165) is 18.0 Å². The summed E-state index contributed by atoms with van der Waals surface area (Å²) in [5.74, 6) is 1.93. The molecule has 1 fully saturated rings. The van der Waals surface area contributed by atoms with Crippen molar-refractivity contribution >= 4 is 27.7 Å². The second-order valence-electron chi connectivity index (χ2n) is 5.24. The van der Waals surface area contributed by atoms with E-state index in [9.17, 15) is 0 Å². The number of aromatic nitrogens is 6. The highest BCUT2D eigenvalue weighted by Gasteiger charge is 2.22. The Morgan fingerprint density at radius 2 is 2.04 bits per heavy atom. The molecular formula is C13H13BrN6O2S. The summed E-state index contributed by atoms with van der Waals surface area (Å²) < 4.78 is 13.5. The van der Waals surface area contributed by atoms with E-state index in [1.807, 2.05) is 4.68 Å². The van der Waals surface area contributed by atoms with Gasteiger partial charge >= 0.3 is 0 Å². The zero-order chi connectivity index (χ0) is 15.6. The maximum Gasteiger partial charge on any atom is 0.283 e. The fourth-order valence-electron chi connectivity index (χ4n) is 2.63. The predicted octanol–water partition coefficient (Wildman–Crippen LogP) is 3.49. The van der Waals surface area contributed by atoms with Crippen LogP contribution in [0.1, 0.15) is 37.6 Å². The Kier molecular flexibility index (Phi) is 4.17. The highest BCUT2D eigenvalue weighted by Crippen LogP contribution is 2.32. The Labute approximate surface area is 144 Å². The number of thioether (sulfide) groups is 1. The largest absolute Gasteiger partial charge is 0.444 e. The van der Waals surface area contributed by atoms with Crippen molar-refractivity contribution < 1.29 is 8.83 Å². The van der Waals surface area contributed by atoms with Gasteiger partial charge in [-0.1, -0.05) is 24.6 Å². The van der Waals surface area contributed by atoms with E-state index in [-0.39, 0.29) is 0 Å². The van der Waals surface area contributed by atoms with Crippen LogP contribution in [0.25, 0.3) is 11.7 Å². The van der Waals surface area contributed by atoms with Crippen molar-refractivity contribution in [3.63, 3.8) is 0 Å². The molecule has 0 aliphatic heterocycles. The van der Waals surface area contributed by atoms with Crippen LogP contribution >= 0.6 is 27.7 Å². The molecule has 0 N–H and O–H groups in total. The predicted molar refractivity (Wildman–Crippen MR) is 84.6 cm³/mol. The second-order valence-corrected chi connectivity index (χ2v) is 6.96. The molecule has 120 valence electrons. The highest BCUT2D eigenvalue weighted by atomic mass is 79.9. The van der Waals surface area contributed by atoms with Crippen molar-refractivity contribution in [3.05, 3.63) is 22.7 Å². The first-order valence-corrected chi connectivity index (χ1v) is 9.06. The summed E-state index contributed by atoms with van der Waals surface area (Å²) in [5.41, 5.74) is 0. The smallest absolute Gasteiger partial charge is 0.283 e. The van der Waals surface area contributed by atoms with Gasteiger partial charge in [0.15, 0.2) is 10.4 Å². The third-order valence-corrected chi connectivity index (χ3v) is 5.05. The van der Waals surface area contributed by atoms with Gasteiger partial charge in [0.05, 0.1) is 11.8 Å². The molecule has 0 aromatic carbocycles. The van der Waals surface area contributed by atoms with Crippen LogP contribution in [0.15, 0.2) is 30.8 Å². The van der Waals surface area contributed by atoms with Gasteiger partial charge in [-0.25, -0.2) is 4.68 Å². The van der Waals surface area contributed by atoms with Gasteiger partial charge in [0, 0.05) is 0 Å². The summed E-state index contributed by atoms with van der Waals surface area (Å²) in [6.45, 7) is 0. The first-order valence-electron chi connectivity index (χ1n) is 7.28. The molecule has 3 aromatic heterocycles. The lowest BCUT2D eigenvalue weighted by atomic mass is 10.3. The van der Waals surface area contributed by atoms with Crippen molar-refractivity contribution in [2.75, 3.05) is 0 Å². The van der Waals surface area contributed by atoms with Crippen LogP contribution in [0, 0.1) is 0 Å². The molecule has 10 heteroatoms. The summed E-state index contributed by atoms with van der Waals surface area (Å²) >= 11 is 4.75. The topological polar surface area (TPSA) is 95.7 Å². The van der Waals surface area contributed by atoms with E-state index in [1.165, 1.54) is 24.6 Å². The molecule has 0 amide bonds. The lowest BCUT2D eigenvalue weighted by Crippen LogP contribution is -2.08. The van der Waals surface area contributed by atoms with E-state index < -0.39 is 0 Å². The fraction of sp³-hybridized carbons (Fsp3) is 0.462. The molecule has 4 rings (SSSR count). The zero-order valence-corrected chi connectivity index (χ0v) is 14.5. The summed E-state index contributed by atoms with van der Waals surface area (Å²) in [4.78, 5) is 0. The van der Waals surface area contributed by atoms with Gasteiger partial charge in [-0.3, -0.25) is 0 Å². The summed E-state index contributed by atoms with van der Waals surface area (Å²) in [6.07, 6.45) is 4.74. The van der Waals surface area contributed by atoms with Gasteiger partial charge in [0.2, 0.25) is 11.0 Å². The molecule has 23 heavy (non-hydrogen) atoms. The number of rotatable bonds is 5. The third kappa shape index (κ3) is 3.18. The molecular weight excluding hydrogens is 384 g/mol. The minimum atomic E-state index is 0.363. The lowest BCUT2D eigenvalue weighted by Gasteiger charge is -2.09. The average molecular weight is 397 g/mol. The van der Waals surface area contributed by atoms with Gasteiger partial charge in [-0.05, 0) is 51.3 Å². The molecule has 0 spiro atoms. The van der Waals surface area contributed by atoms with E-state index in [2.05, 4.69) is 41.7 Å². The van der Waals surface area contributed by atoms with E-state index in [0.29, 0.717) is 34.0 Å². The van der Waals surface area contributed by atoms with Crippen molar-refractivity contribution in [1.29, 1.82) is 0 Å². The van der Waals surface area contributed by atoms with Gasteiger partial charge in [0.25, 0.3) is 5.89 Å². The summed E-state index contributed by atoms with van der Waals surface area (Å²) in [6, 6.07) is 3.96. The third-order valence-electron chi connectivity index (χ3n) is 3.71. The van der Waals surface area contributed by atoms with E-state index in [1.54, 1.807) is 12.1 Å². The van der Waals surface area contributed by atoms with Crippen molar-refractivity contribution in [2.24, 2.45) is 0 Å². The number of nitrogens with zero attached hydrogens (tertiary/aromatic N) is 6. The molecule has 0 unspecified atom stereocenters. The number of furan rings is 1. The molecule has 8 nitrogen and oxygen atoms in total. The van der Waals surface area contributed by atoms with Crippen LogP contribution in [0.2, 0.25) is 0 Å². The zero-order valence-electron chi connectivity index (χ0n) is 12.1. The maximum atomic E-state index is 5.61. The molecule has 1 aliphatic carbocycles. The normalized spacial score (nSPS) is 15.5. The van der Waals surface area contributed by atoms with Crippen LogP contribution < -0.4 is 0 Å². The fourth-order valence-corrected chi connectivity index (χ4v) is 3.71. The molecule has 0 atom stereocenters. The minimum Gasteiger partial charge on any atom is -0.444 e. The Morgan fingerprint density at radius 3 is 2.83 bits per heavy atom. The van der Waals surface area contributed by atoms with Crippen molar-refractivity contribution in [2.45, 2.75) is 42.6 Å². The van der Waals surface area contributed by atoms with Crippen LogP contribution in [0.5, 0.6) is 0 Å². The standard InChI is InChI=1S/C13H13BrN6O2S/c14-10-6-5-9(21-10)12-16-15-11(22-12)7-23-13-17-18-19-20(13)8-3-1-2-4-8/h5-6,8H,1-4,7H2. The molecule has 0 saturated heterocycles. The van der Waals surface area contributed by atoms with E-state index in [4.69, 9.17) is 8.83 Å². The number of hydrogen-bond acceptors (Lipinski definition) is 8. The molecule has 1 aliphatic rings.